The third-order valence-corrected chi connectivity index (χ3v) is 3.89. The molecule has 0 saturated heterocycles. The van der Waals surface area contributed by atoms with E-state index in [1.165, 1.54) is 11.1 Å². The van der Waals surface area contributed by atoms with Gasteiger partial charge in [0.15, 0.2) is 6.61 Å². The van der Waals surface area contributed by atoms with Crippen LogP contribution in [0.15, 0.2) is 54.6 Å². The summed E-state index contributed by atoms with van der Waals surface area (Å²) in [5.74, 6) is 1.40. The Morgan fingerprint density at radius 3 is 2.22 bits per heavy atom. The molecule has 0 radical (unpaired) electrons. The highest BCUT2D eigenvalue weighted by molar-refractivity contribution is 5.77. The SMILES string of the molecule is CC(C)c1ccc(OCC(=O)NC[C@@H](C)c2ccccc2)cc1. The van der Waals surface area contributed by atoms with Crippen molar-refractivity contribution in [3.8, 4) is 5.75 Å². The molecule has 2 aromatic carbocycles. The van der Waals surface area contributed by atoms with Crippen molar-refractivity contribution in [2.24, 2.45) is 0 Å². The quantitative estimate of drug-likeness (QED) is 0.835. The monoisotopic (exact) mass is 311 g/mol. The standard InChI is InChI=1S/C20H25NO2/c1-15(2)17-9-11-19(12-10-17)23-14-20(22)21-13-16(3)18-7-5-4-6-8-18/h4-12,15-16H,13-14H2,1-3H3,(H,21,22)/t16-/m1/s1. The molecule has 23 heavy (non-hydrogen) atoms. The summed E-state index contributed by atoms with van der Waals surface area (Å²) < 4.78 is 5.53. The van der Waals surface area contributed by atoms with E-state index in [1.807, 2.05) is 42.5 Å². The number of hydrogen-bond donors (Lipinski definition) is 1. The normalized spacial score (nSPS) is 12.0. The topological polar surface area (TPSA) is 38.3 Å². The molecule has 2 rings (SSSR count). The lowest BCUT2D eigenvalue weighted by Crippen LogP contribution is -2.31. The Balaban J connectivity index is 1.74. The van der Waals surface area contributed by atoms with Crippen molar-refractivity contribution >= 4 is 5.91 Å². The predicted octanol–water partition coefficient (Wildman–Crippen LogP) is 4.11. The second-order valence-electron chi connectivity index (χ2n) is 6.13. The van der Waals surface area contributed by atoms with E-state index in [2.05, 4.69) is 38.2 Å². The van der Waals surface area contributed by atoms with Crippen LogP contribution in [0.5, 0.6) is 5.75 Å². The number of hydrogen-bond acceptors (Lipinski definition) is 2. The maximum atomic E-state index is 11.9. The molecule has 0 aromatic heterocycles. The van der Waals surface area contributed by atoms with Crippen LogP contribution in [0.4, 0.5) is 0 Å². The van der Waals surface area contributed by atoms with Crippen molar-refractivity contribution in [2.75, 3.05) is 13.2 Å². The number of rotatable bonds is 7. The fourth-order valence-electron chi connectivity index (χ4n) is 2.32. The first-order chi connectivity index (χ1) is 11.1. The van der Waals surface area contributed by atoms with Gasteiger partial charge in [-0.1, -0.05) is 63.2 Å². The Hall–Kier alpha value is -2.29. The molecular weight excluding hydrogens is 286 g/mol. The van der Waals surface area contributed by atoms with E-state index in [0.717, 1.165) is 5.75 Å². The smallest absolute Gasteiger partial charge is 0.257 e. The average Bonchev–Trinajstić information content (AvgIpc) is 2.59. The second kappa shape index (κ2) is 8.37. The lowest BCUT2D eigenvalue weighted by atomic mass is 10.0. The molecule has 0 unspecified atom stereocenters. The number of carbonyl (C=O) groups excluding carboxylic acids is 1. The van der Waals surface area contributed by atoms with Crippen LogP contribution >= 0.6 is 0 Å². The van der Waals surface area contributed by atoms with Gasteiger partial charge < -0.3 is 10.1 Å². The van der Waals surface area contributed by atoms with E-state index >= 15 is 0 Å². The highest BCUT2D eigenvalue weighted by Gasteiger charge is 2.08. The van der Waals surface area contributed by atoms with E-state index in [-0.39, 0.29) is 18.4 Å². The van der Waals surface area contributed by atoms with Gasteiger partial charge in [0.05, 0.1) is 0 Å². The number of benzene rings is 2. The van der Waals surface area contributed by atoms with Gasteiger partial charge in [-0.3, -0.25) is 4.79 Å². The fourth-order valence-corrected chi connectivity index (χ4v) is 2.32. The molecule has 3 heteroatoms. The summed E-state index contributed by atoms with van der Waals surface area (Å²) in [5.41, 5.74) is 2.48. The Labute approximate surface area is 138 Å². The third kappa shape index (κ3) is 5.44. The van der Waals surface area contributed by atoms with E-state index in [4.69, 9.17) is 4.74 Å². The van der Waals surface area contributed by atoms with Crippen molar-refractivity contribution < 1.29 is 9.53 Å². The largest absolute Gasteiger partial charge is 0.484 e. The first-order valence-electron chi connectivity index (χ1n) is 8.10. The minimum atomic E-state index is -0.0966. The van der Waals surface area contributed by atoms with Crippen LogP contribution in [0.25, 0.3) is 0 Å². The number of amides is 1. The molecule has 3 nitrogen and oxygen atoms in total. The summed E-state index contributed by atoms with van der Waals surface area (Å²) in [7, 11) is 0. The second-order valence-corrected chi connectivity index (χ2v) is 6.13. The van der Waals surface area contributed by atoms with Crippen LogP contribution in [-0.2, 0) is 4.79 Å². The van der Waals surface area contributed by atoms with Crippen LogP contribution in [0.2, 0.25) is 0 Å². The predicted molar refractivity (Wildman–Crippen MR) is 93.9 cm³/mol. The van der Waals surface area contributed by atoms with Gasteiger partial charge in [0.1, 0.15) is 5.75 Å². The van der Waals surface area contributed by atoms with Gasteiger partial charge in [-0.2, -0.15) is 0 Å². The van der Waals surface area contributed by atoms with Gasteiger partial charge in [-0.25, -0.2) is 0 Å². The highest BCUT2D eigenvalue weighted by atomic mass is 16.5. The summed E-state index contributed by atoms with van der Waals surface area (Å²) in [6.07, 6.45) is 0. The average molecular weight is 311 g/mol. The van der Waals surface area contributed by atoms with Crippen LogP contribution < -0.4 is 10.1 Å². The van der Waals surface area contributed by atoms with Crippen LogP contribution in [-0.4, -0.2) is 19.1 Å². The molecule has 0 spiro atoms. The molecule has 1 N–H and O–H groups in total. The van der Waals surface area contributed by atoms with Crippen molar-refractivity contribution in [2.45, 2.75) is 32.6 Å². The van der Waals surface area contributed by atoms with Gasteiger partial charge in [-0.15, -0.1) is 0 Å². The van der Waals surface area contributed by atoms with Crippen LogP contribution in [0, 0.1) is 0 Å². The van der Waals surface area contributed by atoms with E-state index in [1.54, 1.807) is 0 Å². The maximum absolute atomic E-state index is 11.9. The molecule has 0 aliphatic carbocycles. The van der Waals surface area contributed by atoms with Crippen LogP contribution in [0.1, 0.15) is 43.7 Å². The molecule has 0 heterocycles. The molecule has 0 aliphatic heterocycles. The lowest BCUT2D eigenvalue weighted by Gasteiger charge is -2.13. The maximum Gasteiger partial charge on any atom is 0.257 e. The Kier molecular flexibility index (Phi) is 6.21. The van der Waals surface area contributed by atoms with E-state index < -0.39 is 0 Å². The Bertz CT molecular complexity index is 605. The van der Waals surface area contributed by atoms with Crippen molar-refractivity contribution in [1.82, 2.24) is 5.32 Å². The van der Waals surface area contributed by atoms with Crippen molar-refractivity contribution in [1.29, 1.82) is 0 Å². The van der Waals surface area contributed by atoms with Gasteiger partial charge >= 0.3 is 0 Å². The van der Waals surface area contributed by atoms with Crippen molar-refractivity contribution in [3.05, 3.63) is 65.7 Å². The first kappa shape index (κ1) is 17.1. The third-order valence-electron chi connectivity index (χ3n) is 3.89. The summed E-state index contributed by atoms with van der Waals surface area (Å²) in [5, 5.41) is 2.92. The molecule has 1 amide bonds. The first-order valence-corrected chi connectivity index (χ1v) is 8.10. The van der Waals surface area contributed by atoms with E-state index in [0.29, 0.717) is 12.5 Å². The molecule has 0 aliphatic rings. The summed E-state index contributed by atoms with van der Waals surface area (Å²) in [6.45, 7) is 7.05. The Morgan fingerprint density at radius 1 is 0.957 bits per heavy atom. The highest BCUT2D eigenvalue weighted by Crippen LogP contribution is 2.18. The molecule has 0 saturated carbocycles. The molecule has 0 bridgehead atoms. The van der Waals surface area contributed by atoms with Crippen LogP contribution in [0.3, 0.4) is 0 Å². The zero-order chi connectivity index (χ0) is 16.7. The van der Waals surface area contributed by atoms with Gasteiger partial charge in [-0.05, 0) is 35.1 Å². The molecule has 0 fully saturated rings. The molecule has 2 aromatic rings. The lowest BCUT2D eigenvalue weighted by molar-refractivity contribution is -0.123. The number of ether oxygens (including phenoxy) is 1. The zero-order valence-electron chi connectivity index (χ0n) is 14.1. The summed E-state index contributed by atoms with van der Waals surface area (Å²) in [4.78, 5) is 11.9. The molecule has 1 atom stereocenters. The van der Waals surface area contributed by atoms with Gasteiger partial charge in [0, 0.05) is 6.54 Å². The van der Waals surface area contributed by atoms with Gasteiger partial charge in [0.2, 0.25) is 0 Å². The number of carbonyl (C=O) groups is 1. The van der Waals surface area contributed by atoms with Crippen molar-refractivity contribution in [3.63, 3.8) is 0 Å². The fraction of sp³-hybridized carbons (Fsp3) is 0.350. The molecule has 122 valence electrons. The zero-order valence-corrected chi connectivity index (χ0v) is 14.1. The van der Waals surface area contributed by atoms with E-state index in [9.17, 15) is 4.79 Å². The number of nitrogens with one attached hydrogen (secondary N) is 1. The van der Waals surface area contributed by atoms with Gasteiger partial charge in [0.25, 0.3) is 5.91 Å². The summed E-state index contributed by atoms with van der Waals surface area (Å²) in [6, 6.07) is 18.1. The summed E-state index contributed by atoms with van der Waals surface area (Å²) >= 11 is 0. The minimum absolute atomic E-state index is 0.0442. The molecular formula is C20H25NO2. The minimum Gasteiger partial charge on any atom is -0.484 e. The Morgan fingerprint density at radius 2 is 1.61 bits per heavy atom.